The topological polar surface area (TPSA) is 76.1 Å². The Morgan fingerprint density at radius 3 is 2.86 bits per heavy atom. The molecule has 6 heteroatoms. The number of amides is 1. The summed E-state index contributed by atoms with van der Waals surface area (Å²) in [6, 6.07) is 5.29. The fourth-order valence-corrected chi connectivity index (χ4v) is 2.17. The first-order chi connectivity index (χ1) is 10.0. The Hall–Kier alpha value is -2.08. The first-order valence-electron chi connectivity index (χ1n) is 7.14. The largest absolute Gasteiger partial charge is 0.380 e. The van der Waals surface area contributed by atoms with Crippen LogP contribution in [0.3, 0.4) is 0 Å². The molecule has 0 unspecified atom stereocenters. The molecular weight excluding hydrogens is 270 g/mol. The van der Waals surface area contributed by atoms with Gasteiger partial charge in [0, 0.05) is 18.2 Å². The molecule has 2 aromatic rings. The zero-order valence-electron chi connectivity index (χ0n) is 12.6. The molecule has 1 heterocycles. The molecule has 0 saturated carbocycles. The Morgan fingerprint density at radius 2 is 2.19 bits per heavy atom. The van der Waals surface area contributed by atoms with Gasteiger partial charge in [-0.15, -0.1) is 0 Å². The van der Waals surface area contributed by atoms with Crippen LogP contribution in [0.1, 0.15) is 31.1 Å². The molecule has 114 valence electrons. The van der Waals surface area contributed by atoms with Gasteiger partial charge in [0.25, 0.3) is 5.91 Å². The molecule has 0 atom stereocenters. The predicted molar refractivity (Wildman–Crippen MR) is 81.7 cm³/mol. The van der Waals surface area contributed by atoms with Gasteiger partial charge in [0.2, 0.25) is 0 Å². The second-order valence-electron chi connectivity index (χ2n) is 5.14. The molecule has 21 heavy (non-hydrogen) atoms. The molecule has 0 aliphatic carbocycles. The molecule has 1 aromatic carbocycles. The molecule has 0 bridgehead atoms. The number of nitrogens with one attached hydrogen (secondary N) is 2. The van der Waals surface area contributed by atoms with Crippen LogP contribution >= 0.6 is 0 Å². The van der Waals surface area contributed by atoms with Crippen LogP contribution in [0.2, 0.25) is 0 Å². The van der Waals surface area contributed by atoms with Crippen molar-refractivity contribution >= 4 is 16.9 Å². The third kappa shape index (κ3) is 3.52. The lowest BCUT2D eigenvalue weighted by Crippen LogP contribution is -2.29. The summed E-state index contributed by atoms with van der Waals surface area (Å²) in [6.07, 6.45) is 0. The van der Waals surface area contributed by atoms with Gasteiger partial charge in [-0.3, -0.25) is 9.36 Å². The molecule has 0 aliphatic heterocycles. The highest BCUT2D eigenvalue weighted by Crippen LogP contribution is 2.13. The van der Waals surface area contributed by atoms with Gasteiger partial charge in [-0.1, -0.05) is 0 Å². The fraction of sp³-hybridized carbons (Fsp3) is 0.467. The minimum Gasteiger partial charge on any atom is -0.380 e. The second kappa shape index (κ2) is 6.58. The van der Waals surface area contributed by atoms with E-state index in [1.807, 2.05) is 20.8 Å². The molecule has 0 saturated heterocycles. The Bertz CT molecular complexity index is 685. The zero-order valence-corrected chi connectivity index (χ0v) is 12.6. The van der Waals surface area contributed by atoms with Crippen molar-refractivity contribution < 1.29 is 9.53 Å². The number of fused-ring (bicyclic) bond motifs is 1. The van der Waals surface area contributed by atoms with E-state index in [0.29, 0.717) is 30.8 Å². The Morgan fingerprint density at radius 1 is 1.43 bits per heavy atom. The quantitative estimate of drug-likeness (QED) is 0.792. The Balaban J connectivity index is 2.29. The third-order valence-electron chi connectivity index (χ3n) is 3.12. The molecule has 0 aliphatic rings. The maximum absolute atomic E-state index is 12.0. The SMILES string of the molecule is CCOCCn1c(=O)[nH]c2cc(C(=O)NC(C)C)ccc21. The highest BCUT2D eigenvalue weighted by atomic mass is 16.5. The molecule has 0 fully saturated rings. The van der Waals surface area contributed by atoms with E-state index >= 15 is 0 Å². The normalized spacial score (nSPS) is 11.2. The lowest BCUT2D eigenvalue weighted by molar-refractivity contribution is 0.0943. The van der Waals surface area contributed by atoms with E-state index in [1.165, 1.54) is 0 Å². The van der Waals surface area contributed by atoms with Gasteiger partial charge < -0.3 is 15.0 Å². The number of hydrogen-bond acceptors (Lipinski definition) is 3. The van der Waals surface area contributed by atoms with Crippen LogP contribution in [0.5, 0.6) is 0 Å². The minimum atomic E-state index is -0.189. The van der Waals surface area contributed by atoms with Gasteiger partial charge in [-0.05, 0) is 39.0 Å². The number of ether oxygens (including phenoxy) is 1. The molecule has 0 radical (unpaired) electrons. The van der Waals surface area contributed by atoms with Crippen LogP contribution < -0.4 is 11.0 Å². The van der Waals surface area contributed by atoms with Crippen molar-refractivity contribution in [1.29, 1.82) is 0 Å². The monoisotopic (exact) mass is 291 g/mol. The standard InChI is InChI=1S/C15H21N3O3/c1-4-21-8-7-18-13-6-5-11(14(19)16-10(2)3)9-12(13)17-15(18)20/h5-6,9-10H,4,7-8H2,1-3H3,(H,16,19)(H,17,20). The molecule has 1 aromatic heterocycles. The summed E-state index contributed by atoms with van der Waals surface area (Å²) in [6.45, 7) is 7.32. The minimum absolute atomic E-state index is 0.0723. The van der Waals surface area contributed by atoms with Gasteiger partial charge in [-0.25, -0.2) is 4.79 Å². The number of imidazole rings is 1. The van der Waals surface area contributed by atoms with Crippen molar-refractivity contribution in [3.05, 3.63) is 34.2 Å². The lowest BCUT2D eigenvalue weighted by atomic mass is 10.2. The van der Waals surface area contributed by atoms with Crippen LogP contribution in [0.4, 0.5) is 0 Å². The van der Waals surface area contributed by atoms with E-state index < -0.39 is 0 Å². The number of H-pyrrole nitrogens is 1. The van der Waals surface area contributed by atoms with Gasteiger partial charge in [-0.2, -0.15) is 0 Å². The van der Waals surface area contributed by atoms with Crippen molar-refractivity contribution in [3.63, 3.8) is 0 Å². The summed E-state index contributed by atoms with van der Waals surface area (Å²) >= 11 is 0. The van der Waals surface area contributed by atoms with Crippen LogP contribution in [-0.4, -0.2) is 34.7 Å². The Kier molecular flexibility index (Phi) is 4.80. The Labute approximate surface area is 123 Å². The predicted octanol–water partition coefficient (Wildman–Crippen LogP) is 1.50. The summed E-state index contributed by atoms with van der Waals surface area (Å²) in [5.41, 5.74) is 1.79. The fourth-order valence-electron chi connectivity index (χ4n) is 2.17. The van der Waals surface area contributed by atoms with E-state index in [0.717, 1.165) is 5.52 Å². The number of rotatable bonds is 6. The van der Waals surface area contributed by atoms with Crippen molar-refractivity contribution in [3.8, 4) is 0 Å². The summed E-state index contributed by atoms with van der Waals surface area (Å²) in [5, 5.41) is 2.83. The van der Waals surface area contributed by atoms with Crippen LogP contribution in [0, 0.1) is 0 Å². The van der Waals surface area contributed by atoms with Gasteiger partial charge in [0.15, 0.2) is 0 Å². The molecular formula is C15H21N3O3. The van der Waals surface area contributed by atoms with Crippen LogP contribution in [-0.2, 0) is 11.3 Å². The maximum atomic E-state index is 12.0. The van der Waals surface area contributed by atoms with Crippen molar-refractivity contribution in [2.45, 2.75) is 33.4 Å². The molecule has 2 rings (SSSR count). The number of aromatic amines is 1. The average molecular weight is 291 g/mol. The smallest absolute Gasteiger partial charge is 0.326 e. The van der Waals surface area contributed by atoms with Gasteiger partial charge in [0.1, 0.15) is 0 Å². The van der Waals surface area contributed by atoms with E-state index in [1.54, 1.807) is 22.8 Å². The van der Waals surface area contributed by atoms with Crippen LogP contribution in [0.15, 0.2) is 23.0 Å². The lowest BCUT2D eigenvalue weighted by Gasteiger charge is -2.08. The summed E-state index contributed by atoms with van der Waals surface area (Å²) in [5.74, 6) is -0.144. The van der Waals surface area contributed by atoms with Crippen molar-refractivity contribution in [2.24, 2.45) is 0 Å². The summed E-state index contributed by atoms with van der Waals surface area (Å²) in [4.78, 5) is 26.7. The second-order valence-corrected chi connectivity index (χ2v) is 5.14. The van der Waals surface area contributed by atoms with E-state index in [9.17, 15) is 9.59 Å². The van der Waals surface area contributed by atoms with E-state index in [-0.39, 0.29) is 17.6 Å². The number of nitrogens with zero attached hydrogens (tertiary/aromatic N) is 1. The van der Waals surface area contributed by atoms with E-state index in [4.69, 9.17) is 4.74 Å². The first kappa shape index (κ1) is 15.3. The highest BCUT2D eigenvalue weighted by Gasteiger charge is 2.11. The number of carbonyl (C=O) groups is 1. The third-order valence-corrected chi connectivity index (χ3v) is 3.12. The average Bonchev–Trinajstić information content (AvgIpc) is 2.73. The summed E-state index contributed by atoms with van der Waals surface area (Å²) in [7, 11) is 0. The number of aromatic nitrogens is 2. The molecule has 6 nitrogen and oxygen atoms in total. The summed E-state index contributed by atoms with van der Waals surface area (Å²) < 4.78 is 6.90. The molecule has 0 spiro atoms. The van der Waals surface area contributed by atoms with Crippen molar-refractivity contribution in [1.82, 2.24) is 14.9 Å². The number of benzene rings is 1. The molecule has 2 N–H and O–H groups in total. The van der Waals surface area contributed by atoms with Crippen molar-refractivity contribution in [2.75, 3.05) is 13.2 Å². The number of hydrogen-bond donors (Lipinski definition) is 2. The number of carbonyl (C=O) groups excluding carboxylic acids is 1. The van der Waals surface area contributed by atoms with Crippen LogP contribution in [0.25, 0.3) is 11.0 Å². The first-order valence-corrected chi connectivity index (χ1v) is 7.14. The van der Waals surface area contributed by atoms with E-state index in [2.05, 4.69) is 10.3 Å². The zero-order chi connectivity index (χ0) is 15.4. The maximum Gasteiger partial charge on any atom is 0.326 e. The van der Waals surface area contributed by atoms with Gasteiger partial charge >= 0.3 is 5.69 Å². The van der Waals surface area contributed by atoms with Gasteiger partial charge in [0.05, 0.1) is 24.2 Å². The molecule has 1 amide bonds. The highest BCUT2D eigenvalue weighted by molar-refractivity contribution is 5.97.